The molecule has 112 valence electrons. The molecule has 0 bridgehead atoms. The fourth-order valence-corrected chi connectivity index (χ4v) is 2.13. The molecule has 2 rings (SSSR count). The van der Waals surface area contributed by atoms with Crippen LogP contribution < -0.4 is 10.6 Å². The van der Waals surface area contributed by atoms with Crippen molar-refractivity contribution < 1.29 is 4.39 Å². The Kier molecular flexibility index (Phi) is 4.40. The van der Waals surface area contributed by atoms with Gasteiger partial charge in [0.2, 0.25) is 0 Å². The molecule has 21 heavy (non-hydrogen) atoms. The predicted octanol–water partition coefficient (Wildman–Crippen LogP) is 3.27. The molecule has 1 heterocycles. The second-order valence-corrected chi connectivity index (χ2v) is 5.52. The van der Waals surface area contributed by atoms with E-state index < -0.39 is 0 Å². The minimum atomic E-state index is -0.215. The number of halogens is 1. The second kappa shape index (κ2) is 6.08. The van der Waals surface area contributed by atoms with Gasteiger partial charge in [0.25, 0.3) is 0 Å². The Balaban J connectivity index is 2.35. The lowest BCUT2D eigenvalue weighted by Gasteiger charge is -2.22. The van der Waals surface area contributed by atoms with E-state index in [9.17, 15) is 4.39 Å². The topological polar surface area (TPSA) is 55.0 Å². The number of hydrogen-bond acceptors (Lipinski definition) is 4. The van der Waals surface area contributed by atoms with Crippen molar-refractivity contribution in [3.05, 3.63) is 47.0 Å². The van der Waals surface area contributed by atoms with E-state index in [1.165, 1.54) is 6.07 Å². The van der Waals surface area contributed by atoms with Gasteiger partial charge in [0, 0.05) is 30.6 Å². The Labute approximate surface area is 124 Å². The third-order valence-electron chi connectivity index (χ3n) is 3.42. The maximum Gasteiger partial charge on any atom is 0.137 e. The fraction of sp³-hybridized carbons (Fsp3) is 0.375. The number of nitrogens with two attached hydrogens (primary N) is 1. The van der Waals surface area contributed by atoms with Crippen LogP contribution in [0.15, 0.2) is 24.3 Å². The second-order valence-electron chi connectivity index (χ2n) is 5.52. The first kappa shape index (κ1) is 15.2. The molecule has 0 unspecified atom stereocenters. The molecule has 2 N–H and O–H groups in total. The summed E-state index contributed by atoms with van der Waals surface area (Å²) in [6.45, 7) is 6.35. The number of benzene rings is 1. The molecule has 2 aromatic rings. The number of rotatable bonds is 4. The van der Waals surface area contributed by atoms with Gasteiger partial charge in [-0.1, -0.05) is 32.0 Å². The van der Waals surface area contributed by atoms with Gasteiger partial charge in [-0.25, -0.2) is 14.4 Å². The molecular formula is C16H21FN4. The molecule has 0 aliphatic carbocycles. The Bertz CT molecular complexity index is 640. The van der Waals surface area contributed by atoms with Crippen molar-refractivity contribution in [3.8, 4) is 0 Å². The van der Waals surface area contributed by atoms with Gasteiger partial charge in [-0.3, -0.25) is 0 Å². The summed E-state index contributed by atoms with van der Waals surface area (Å²) in [5, 5.41) is 0. The molecule has 0 spiro atoms. The van der Waals surface area contributed by atoms with Crippen molar-refractivity contribution in [2.75, 3.05) is 17.7 Å². The monoisotopic (exact) mass is 288 g/mol. The molecule has 0 aliphatic rings. The molecule has 0 amide bonds. The van der Waals surface area contributed by atoms with Crippen LogP contribution in [0.2, 0.25) is 0 Å². The standard InChI is InChI=1S/C16H21FN4/c1-10(2)15-19-14(18)11(3)16(20-15)21(4)9-12-7-5-6-8-13(12)17/h5-8,10H,9H2,1-4H3,(H2,18,19,20). The van der Waals surface area contributed by atoms with Crippen molar-refractivity contribution in [1.82, 2.24) is 9.97 Å². The van der Waals surface area contributed by atoms with Gasteiger partial charge in [-0.15, -0.1) is 0 Å². The van der Waals surface area contributed by atoms with E-state index in [0.29, 0.717) is 23.8 Å². The predicted molar refractivity (Wildman–Crippen MR) is 83.8 cm³/mol. The molecule has 1 aromatic carbocycles. The van der Waals surface area contributed by atoms with Crippen LogP contribution in [0.3, 0.4) is 0 Å². The SMILES string of the molecule is Cc1c(N)nc(C(C)C)nc1N(C)Cc1ccccc1F. The van der Waals surface area contributed by atoms with Gasteiger partial charge in [-0.05, 0) is 13.0 Å². The first-order valence-corrected chi connectivity index (χ1v) is 6.98. The van der Waals surface area contributed by atoms with E-state index in [2.05, 4.69) is 9.97 Å². The van der Waals surface area contributed by atoms with Gasteiger partial charge >= 0.3 is 0 Å². The van der Waals surface area contributed by atoms with E-state index in [4.69, 9.17) is 5.73 Å². The van der Waals surface area contributed by atoms with Crippen LogP contribution in [0.4, 0.5) is 16.0 Å². The quantitative estimate of drug-likeness (QED) is 0.938. The van der Waals surface area contributed by atoms with Crippen LogP contribution in [0.1, 0.15) is 36.7 Å². The zero-order chi connectivity index (χ0) is 15.6. The average Bonchev–Trinajstić information content (AvgIpc) is 2.43. The van der Waals surface area contributed by atoms with Gasteiger partial charge in [-0.2, -0.15) is 0 Å². The third kappa shape index (κ3) is 3.29. The summed E-state index contributed by atoms with van der Waals surface area (Å²) in [5.74, 6) is 1.90. The molecule has 0 fully saturated rings. The van der Waals surface area contributed by atoms with Gasteiger partial charge in [0.1, 0.15) is 23.3 Å². The summed E-state index contributed by atoms with van der Waals surface area (Å²) in [6, 6.07) is 6.75. The van der Waals surface area contributed by atoms with E-state index in [-0.39, 0.29) is 11.7 Å². The lowest BCUT2D eigenvalue weighted by molar-refractivity contribution is 0.607. The van der Waals surface area contributed by atoms with E-state index in [1.54, 1.807) is 12.1 Å². The van der Waals surface area contributed by atoms with Gasteiger partial charge in [0.15, 0.2) is 0 Å². The Hall–Kier alpha value is -2.17. The van der Waals surface area contributed by atoms with Crippen molar-refractivity contribution in [2.24, 2.45) is 0 Å². The van der Waals surface area contributed by atoms with Crippen molar-refractivity contribution in [3.63, 3.8) is 0 Å². The number of aromatic nitrogens is 2. The van der Waals surface area contributed by atoms with Crippen molar-refractivity contribution >= 4 is 11.6 Å². The van der Waals surface area contributed by atoms with Crippen LogP contribution in [0.5, 0.6) is 0 Å². The molecule has 0 aliphatic heterocycles. The van der Waals surface area contributed by atoms with Gasteiger partial charge < -0.3 is 10.6 Å². The summed E-state index contributed by atoms with van der Waals surface area (Å²) >= 11 is 0. The number of anilines is 2. The van der Waals surface area contributed by atoms with E-state index in [1.807, 2.05) is 38.8 Å². The molecule has 0 atom stereocenters. The first-order valence-electron chi connectivity index (χ1n) is 6.98. The Morgan fingerprint density at radius 2 is 1.90 bits per heavy atom. The van der Waals surface area contributed by atoms with Crippen molar-refractivity contribution in [2.45, 2.75) is 33.2 Å². The smallest absolute Gasteiger partial charge is 0.137 e. The van der Waals surface area contributed by atoms with Crippen LogP contribution >= 0.6 is 0 Å². The first-order chi connectivity index (χ1) is 9.90. The summed E-state index contributed by atoms with van der Waals surface area (Å²) in [6.07, 6.45) is 0. The number of nitrogen functional groups attached to an aromatic ring is 1. The molecule has 4 nitrogen and oxygen atoms in total. The normalized spacial score (nSPS) is 11.0. The molecule has 1 aromatic heterocycles. The number of nitrogens with zero attached hydrogens (tertiary/aromatic N) is 3. The summed E-state index contributed by atoms with van der Waals surface area (Å²) < 4.78 is 13.8. The molecular weight excluding hydrogens is 267 g/mol. The highest BCUT2D eigenvalue weighted by Gasteiger charge is 2.15. The van der Waals surface area contributed by atoms with Crippen LogP contribution in [-0.2, 0) is 6.54 Å². The van der Waals surface area contributed by atoms with E-state index >= 15 is 0 Å². The number of hydrogen-bond donors (Lipinski definition) is 1. The highest BCUT2D eigenvalue weighted by molar-refractivity contribution is 5.56. The third-order valence-corrected chi connectivity index (χ3v) is 3.42. The summed E-state index contributed by atoms with van der Waals surface area (Å²) in [4.78, 5) is 10.8. The molecule has 0 saturated heterocycles. The maximum absolute atomic E-state index is 13.8. The lowest BCUT2D eigenvalue weighted by Crippen LogP contribution is -2.21. The Morgan fingerprint density at radius 3 is 2.52 bits per heavy atom. The van der Waals surface area contributed by atoms with Crippen LogP contribution in [0, 0.1) is 12.7 Å². The zero-order valence-corrected chi connectivity index (χ0v) is 12.9. The lowest BCUT2D eigenvalue weighted by atomic mass is 10.1. The van der Waals surface area contributed by atoms with E-state index in [0.717, 1.165) is 11.4 Å². The fourth-order valence-electron chi connectivity index (χ4n) is 2.13. The molecule has 5 heteroatoms. The van der Waals surface area contributed by atoms with Crippen LogP contribution in [-0.4, -0.2) is 17.0 Å². The minimum Gasteiger partial charge on any atom is -0.383 e. The maximum atomic E-state index is 13.8. The summed E-state index contributed by atoms with van der Waals surface area (Å²) in [7, 11) is 1.88. The highest BCUT2D eigenvalue weighted by atomic mass is 19.1. The zero-order valence-electron chi connectivity index (χ0n) is 12.9. The minimum absolute atomic E-state index is 0.188. The molecule has 0 radical (unpaired) electrons. The average molecular weight is 288 g/mol. The van der Waals surface area contributed by atoms with Gasteiger partial charge in [0.05, 0.1) is 0 Å². The summed E-state index contributed by atoms with van der Waals surface area (Å²) in [5.41, 5.74) is 7.41. The molecule has 0 saturated carbocycles. The Morgan fingerprint density at radius 1 is 1.24 bits per heavy atom. The largest absolute Gasteiger partial charge is 0.383 e. The highest BCUT2D eigenvalue weighted by Crippen LogP contribution is 2.25. The van der Waals surface area contributed by atoms with Crippen LogP contribution in [0.25, 0.3) is 0 Å². The van der Waals surface area contributed by atoms with Crippen molar-refractivity contribution in [1.29, 1.82) is 0 Å².